The minimum absolute atomic E-state index is 0. The number of hydrogen-bond donors (Lipinski definition) is 1. The topological polar surface area (TPSA) is 64.9 Å². The maximum atomic E-state index is 5.47. The molecule has 0 aliphatic carbocycles. The highest BCUT2D eigenvalue weighted by Crippen LogP contribution is 2.14. The Kier molecular flexibility index (Phi) is 3.62. The van der Waals surface area contributed by atoms with Gasteiger partial charge in [-0.15, -0.1) is 12.4 Å². The number of rotatable bonds is 2. The van der Waals surface area contributed by atoms with Crippen LogP contribution < -0.4 is 5.73 Å². The summed E-state index contributed by atoms with van der Waals surface area (Å²) in [6.45, 7) is 0.548. The quantitative estimate of drug-likeness (QED) is 0.820. The molecule has 0 amide bonds. The molecular formula is C9H10ClN3O. The van der Waals surface area contributed by atoms with Crippen molar-refractivity contribution in [1.29, 1.82) is 0 Å². The van der Waals surface area contributed by atoms with E-state index in [9.17, 15) is 0 Å². The van der Waals surface area contributed by atoms with Crippen molar-refractivity contribution >= 4 is 12.4 Å². The average molecular weight is 212 g/mol. The number of nitrogens with zero attached hydrogens (tertiary/aromatic N) is 2. The van der Waals surface area contributed by atoms with Gasteiger partial charge in [-0.1, -0.05) is 29.4 Å². The van der Waals surface area contributed by atoms with Crippen molar-refractivity contribution in [3.63, 3.8) is 0 Å². The molecule has 5 heteroatoms. The molecule has 74 valence electrons. The summed E-state index contributed by atoms with van der Waals surface area (Å²) in [6.07, 6.45) is 1.31. The molecule has 4 nitrogen and oxygen atoms in total. The van der Waals surface area contributed by atoms with Gasteiger partial charge in [-0.2, -0.15) is 4.98 Å². The van der Waals surface area contributed by atoms with Gasteiger partial charge in [0.1, 0.15) is 0 Å². The van der Waals surface area contributed by atoms with E-state index >= 15 is 0 Å². The molecule has 1 aromatic heterocycles. The van der Waals surface area contributed by atoms with E-state index in [1.54, 1.807) is 0 Å². The lowest BCUT2D eigenvalue weighted by Gasteiger charge is -1.96. The molecular weight excluding hydrogens is 202 g/mol. The van der Waals surface area contributed by atoms with E-state index in [-0.39, 0.29) is 12.4 Å². The van der Waals surface area contributed by atoms with Crippen LogP contribution in [0.3, 0.4) is 0 Å². The Morgan fingerprint density at radius 2 is 1.93 bits per heavy atom. The Morgan fingerprint density at radius 1 is 1.21 bits per heavy atom. The Balaban J connectivity index is 0.000000980. The number of hydrogen-bond acceptors (Lipinski definition) is 4. The smallest absolute Gasteiger partial charge is 0.214 e. The minimum atomic E-state index is 0. The molecule has 0 spiro atoms. The van der Waals surface area contributed by atoms with Crippen molar-refractivity contribution in [2.24, 2.45) is 5.73 Å². The third-order valence-corrected chi connectivity index (χ3v) is 1.81. The van der Waals surface area contributed by atoms with E-state index in [1.165, 1.54) is 6.39 Å². The van der Waals surface area contributed by atoms with Crippen molar-refractivity contribution in [3.05, 3.63) is 36.2 Å². The normalized spacial score (nSPS) is 9.50. The van der Waals surface area contributed by atoms with Gasteiger partial charge >= 0.3 is 0 Å². The first-order valence-electron chi connectivity index (χ1n) is 3.96. The van der Waals surface area contributed by atoms with Crippen molar-refractivity contribution in [2.75, 3.05) is 0 Å². The molecule has 2 N–H and O–H groups in total. The van der Waals surface area contributed by atoms with Crippen LogP contribution in [0.25, 0.3) is 11.4 Å². The fourth-order valence-electron chi connectivity index (χ4n) is 1.09. The number of nitrogens with two attached hydrogens (primary N) is 1. The summed E-state index contributed by atoms with van der Waals surface area (Å²) in [7, 11) is 0. The number of aromatic nitrogens is 2. The SMILES string of the molecule is Cl.NCc1ccc(-c2ncon2)cc1. The average Bonchev–Trinajstić information content (AvgIpc) is 2.71. The standard InChI is InChI=1S/C9H9N3O.ClH/c10-5-7-1-3-8(4-2-7)9-11-6-13-12-9;/h1-4,6H,5,10H2;1H. The summed E-state index contributed by atoms with van der Waals surface area (Å²) in [5.41, 5.74) is 7.49. The van der Waals surface area contributed by atoms with E-state index in [1.807, 2.05) is 24.3 Å². The third kappa shape index (κ3) is 2.10. The van der Waals surface area contributed by atoms with Crippen LogP contribution in [0, 0.1) is 0 Å². The van der Waals surface area contributed by atoms with E-state index in [0.29, 0.717) is 12.4 Å². The number of halogens is 1. The molecule has 0 saturated carbocycles. The van der Waals surface area contributed by atoms with Crippen LogP contribution in [0.1, 0.15) is 5.56 Å². The van der Waals surface area contributed by atoms with Gasteiger partial charge in [-0.05, 0) is 5.56 Å². The Hall–Kier alpha value is -1.39. The fraction of sp³-hybridized carbons (Fsp3) is 0.111. The maximum Gasteiger partial charge on any atom is 0.214 e. The second-order valence-corrected chi connectivity index (χ2v) is 2.66. The Morgan fingerprint density at radius 3 is 2.43 bits per heavy atom. The van der Waals surface area contributed by atoms with Gasteiger partial charge in [0, 0.05) is 12.1 Å². The van der Waals surface area contributed by atoms with E-state index in [0.717, 1.165) is 11.1 Å². The molecule has 1 heterocycles. The lowest BCUT2D eigenvalue weighted by molar-refractivity contribution is 0.419. The molecule has 0 atom stereocenters. The van der Waals surface area contributed by atoms with E-state index in [4.69, 9.17) is 5.73 Å². The highest BCUT2D eigenvalue weighted by Gasteiger charge is 2.01. The largest absolute Gasteiger partial charge is 0.342 e. The highest BCUT2D eigenvalue weighted by molar-refractivity contribution is 5.85. The zero-order valence-electron chi connectivity index (χ0n) is 7.38. The number of benzene rings is 1. The van der Waals surface area contributed by atoms with Crippen LogP contribution in [0.2, 0.25) is 0 Å². The lowest BCUT2D eigenvalue weighted by Crippen LogP contribution is -1.95. The van der Waals surface area contributed by atoms with Crippen LogP contribution >= 0.6 is 12.4 Å². The van der Waals surface area contributed by atoms with Gasteiger partial charge in [0.05, 0.1) is 0 Å². The monoisotopic (exact) mass is 211 g/mol. The van der Waals surface area contributed by atoms with Crippen LogP contribution in [0.5, 0.6) is 0 Å². The third-order valence-electron chi connectivity index (χ3n) is 1.81. The zero-order valence-corrected chi connectivity index (χ0v) is 8.20. The molecule has 0 radical (unpaired) electrons. The molecule has 2 aromatic rings. The lowest BCUT2D eigenvalue weighted by atomic mass is 10.1. The first-order chi connectivity index (χ1) is 6.40. The molecule has 1 aromatic carbocycles. The first kappa shape index (κ1) is 10.7. The second kappa shape index (κ2) is 4.74. The summed E-state index contributed by atoms with van der Waals surface area (Å²) >= 11 is 0. The van der Waals surface area contributed by atoms with Gasteiger partial charge in [0.25, 0.3) is 0 Å². The molecule has 0 saturated heterocycles. The van der Waals surface area contributed by atoms with Crippen LogP contribution in [-0.2, 0) is 6.54 Å². The molecule has 14 heavy (non-hydrogen) atoms. The molecule has 2 rings (SSSR count). The molecule has 0 bridgehead atoms. The predicted octanol–water partition coefficient (Wildman–Crippen LogP) is 1.62. The molecule has 0 aliphatic heterocycles. The molecule has 0 fully saturated rings. The van der Waals surface area contributed by atoms with E-state index < -0.39 is 0 Å². The summed E-state index contributed by atoms with van der Waals surface area (Å²) in [6, 6.07) is 7.75. The van der Waals surface area contributed by atoms with E-state index in [2.05, 4.69) is 14.7 Å². The Labute approximate surface area is 87.5 Å². The van der Waals surface area contributed by atoms with Gasteiger partial charge in [0.2, 0.25) is 12.2 Å². The predicted molar refractivity (Wildman–Crippen MR) is 54.9 cm³/mol. The second-order valence-electron chi connectivity index (χ2n) is 2.66. The fourth-order valence-corrected chi connectivity index (χ4v) is 1.09. The molecule has 0 unspecified atom stereocenters. The highest BCUT2D eigenvalue weighted by atomic mass is 35.5. The van der Waals surface area contributed by atoms with Crippen molar-refractivity contribution in [3.8, 4) is 11.4 Å². The maximum absolute atomic E-state index is 5.47. The summed E-state index contributed by atoms with van der Waals surface area (Å²) in [5.74, 6) is 0.601. The first-order valence-corrected chi connectivity index (χ1v) is 3.96. The summed E-state index contributed by atoms with van der Waals surface area (Å²) in [4.78, 5) is 3.93. The van der Waals surface area contributed by atoms with Crippen LogP contribution in [0.15, 0.2) is 35.2 Å². The van der Waals surface area contributed by atoms with Gasteiger partial charge in [0.15, 0.2) is 0 Å². The Bertz CT molecular complexity index is 371. The van der Waals surface area contributed by atoms with Crippen molar-refractivity contribution < 1.29 is 4.52 Å². The van der Waals surface area contributed by atoms with Gasteiger partial charge in [-0.3, -0.25) is 0 Å². The summed E-state index contributed by atoms with van der Waals surface area (Å²) < 4.78 is 4.64. The van der Waals surface area contributed by atoms with Crippen LogP contribution in [0.4, 0.5) is 0 Å². The van der Waals surface area contributed by atoms with Crippen LogP contribution in [-0.4, -0.2) is 10.1 Å². The summed E-state index contributed by atoms with van der Waals surface area (Å²) in [5, 5.41) is 3.72. The van der Waals surface area contributed by atoms with Gasteiger partial charge in [-0.25, -0.2) is 0 Å². The minimum Gasteiger partial charge on any atom is -0.342 e. The van der Waals surface area contributed by atoms with Crippen molar-refractivity contribution in [1.82, 2.24) is 10.1 Å². The zero-order chi connectivity index (χ0) is 9.10. The van der Waals surface area contributed by atoms with Gasteiger partial charge < -0.3 is 10.3 Å². The molecule has 0 aliphatic rings. The van der Waals surface area contributed by atoms with Crippen molar-refractivity contribution in [2.45, 2.75) is 6.54 Å².